The highest BCUT2D eigenvalue weighted by Gasteiger charge is 2.43. The van der Waals surface area contributed by atoms with Crippen LogP contribution in [-0.4, -0.2) is 68.3 Å². The van der Waals surface area contributed by atoms with E-state index in [1.54, 1.807) is 23.1 Å². The molecule has 0 aromatic heterocycles. The Morgan fingerprint density at radius 1 is 1.21 bits per heavy atom. The molecule has 8 nitrogen and oxygen atoms in total. The van der Waals surface area contributed by atoms with E-state index in [1.807, 2.05) is 13.8 Å². The number of fused-ring (bicyclic) bond motifs is 1. The Labute approximate surface area is 172 Å². The van der Waals surface area contributed by atoms with Gasteiger partial charge in [0.05, 0.1) is 13.2 Å². The number of hydrogen-bond acceptors (Lipinski definition) is 5. The summed E-state index contributed by atoms with van der Waals surface area (Å²) in [5, 5.41) is 2.89. The second kappa shape index (κ2) is 8.31. The fourth-order valence-electron chi connectivity index (χ4n) is 3.87. The van der Waals surface area contributed by atoms with Gasteiger partial charge in [-0.25, -0.2) is 13.2 Å². The summed E-state index contributed by atoms with van der Waals surface area (Å²) in [4.78, 5) is 26.0. The molecule has 1 spiro atoms. The molecule has 0 radical (unpaired) electrons. The molecule has 160 valence electrons. The number of likely N-dealkylation sites (tertiary alicyclic amines) is 1. The van der Waals surface area contributed by atoms with Crippen LogP contribution < -0.4 is 10.1 Å². The van der Waals surface area contributed by atoms with Gasteiger partial charge in [-0.05, 0) is 45.7 Å². The van der Waals surface area contributed by atoms with E-state index in [0.29, 0.717) is 38.3 Å². The van der Waals surface area contributed by atoms with Crippen LogP contribution in [0.1, 0.15) is 33.6 Å². The third kappa shape index (κ3) is 4.72. The van der Waals surface area contributed by atoms with Crippen LogP contribution in [0.5, 0.6) is 5.75 Å². The minimum atomic E-state index is -3.86. The standard InChI is InChI=1S/C20H29N3O5S/c1-15(2)21-19(25)22-10-8-20(9-11-22)13-23(12-16(3)24)29(26,27)18-7-5-4-6-17(18)28-14-20/h4-7,15H,8-14H2,1-3H3,(H,21,25). The highest BCUT2D eigenvalue weighted by Crippen LogP contribution is 2.39. The molecule has 2 aliphatic rings. The number of benzene rings is 1. The summed E-state index contributed by atoms with van der Waals surface area (Å²) in [5.74, 6) is 0.0940. The molecule has 0 atom stereocenters. The predicted molar refractivity (Wildman–Crippen MR) is 108 cm³/mol. The van der Waals surface area contributed by atoms with E-state index in [0.717, 1.165) is 0 Å². The summed E-state index contributed by atoms with van der Waals surface area (Å²) in [6, 6.07) is 6.47. The van der Waals surface area contributed by atoms with Crippen molar-refractivity contribution < 1.29 is 22.7 Å². The first kappa shape index (κ1) is 21.6. The Bertz CT molecular complexity index is 876. The second-order valence-corrected chi connectivity index (χ2v) is 10.2. The fraction of sp³-hybridized carbons (Fsp3) is 0.600. The van der Waals surface area contributed by atoms with Crippen molar-refractivity contribution in [1.82, 2.24) is 14.5 Å². The topological polar surface area (TPSA) is 96.0 Å². The van der Waals surface area contributed by atoms with Crippen LogP contribution in [-0.2, 0) is 14.8 Å². The molecule has 29 heavy (non-hydrogen) atoms. The number of rotatable bonds is 3. The number of Topliss-reactive ketones (excluding diaryl/α,β-unsaturated/α-hetero) is 1. The molecule has 2 amide bonds. The van der Waals surface area contributed by atoms with Gasteiger partial charge in [0, 0.05) is 31.1 Å². The molecule has 2 aliphatic heterocycles. The molecule has 9 heteroatoms. The summed E-state index contributed by atoms with van der Waals surface area (Å²) in [6.07, 6.45) is 1.20. The number of piperidine rings is 1. The second-order valence-electron chi connectivity index (χ2n) is 8.30. The lowest BCUT2D eigenvalue weighted by atomic mass is 9.79. The Hall–Kier alpha value is -2.13. The summed E-state index contributed by atoms with van der Waals surface area (Å²) in [6.45, 7) is 6.60. The van der Waals surface area contributed by atoms with Gasteiger partial charge in [-0.1, -0.05) is 12.1 Å². The maximum Gasteiger partial charge on any atom is 0.317 e. The molecule has 1 aromatic carbocycles. The summed E-state index contributed by atoms with van der Waals surface area (Å²) in [5.41, 5.74) is -0.454. The summed E-state index contributed by atoms with van der Waals surface area (Å²) >= 11 is 0. The number of carbonyl (C=O) groups is 2. The van der Waals surface area contributed by atoms with Crippen molar-refractivity contribution in [2.45, 2.75) is 44.6 Å². The Kier molecular flexibility index (Phi) is 6.19. The number of para-hydroxylation sites is 1. The minimum Gasteiger partial charge on any atom is -0.492 e. The molecule has 0 unspecified atom stereocenters. The molecular formula is C20H29N3O5S. The lowest BCUT2D eigenvalue weighted by Crippen LogP contribution is -2.54. The van der Waals surface area contributed by atoms with Gasteiger partial charge < -0.3 is 15.0 Å². The van der Waals surface area contributed by atoms with Crippen LogP contribution in [0.2, 0.25) is 0 Å². The first-order valence-corrected chi connectivity index (χ1v) is 11.3. The molecule has 2 heterocycles. The van der Waals surface area contributed by atoms with E-state index < -0.39 is 15.4 Å². The SMILES string of the molecule is CC(=O)CN1CC2(CCN(C(=O)NC(C)C)CC2)COc2ccccc2S1(=O)=O. The molecule has 1 fully saturated rings. The van der Waals surface area contributed by atoms with Crippen molar-refractivity contribution >= 4 is 21.8 Å². The van der Waals surface area contributed by atoms with Gasteiger partial charge in [0.15, 0.2) is 0 Å². The lowest BCUT2D eigenvalue weighted by molar-refractivity contribution is -0.117. The maximum atomic E-state index is 13.3. The van der Waals surface area contributed by atoms with Gasteiger partial charge in [0.2, 0.25) is 10.0 Å². The van der Waals surface area contributed by atoms with Gasteiger partial charge >= 0.3 is 6.03 Å². The number of amides is 2. The van der Waals surface area contributed by atoms with E-state index in [-0.39, 0.29) is 35.8 Å². The average Bonchev–Trinajstić information content (AvgIpc) is 2.65. The first-order chi connectivity index (χ1) is 13.6. The number of nitrogens with zero attached hydrogens (tertiary/aromatic N) is 2. The summed E-state index contributed by atoms with van der Waals surface area (Å²) < 4.78 is 33.7. The number of sulfonamides is 1. The quantitative estimate of drug-likeness (QED) is 0.801. The van der Waals surface area contributed by atoms with Gasteiger partial charge in [0.1, 0.15) is 16.4 Å². The van der Waals surface area contributed by atoms with Gasteiger partial charge in [-0.3, -0.25) is 4.79 Å². The van der Waals surface area contributed by atoms with Crippen LogP contribution in [0.4, 0.5) is 4.79 Å². The Morgan fingerprint density at radius 3 is 2.48 bits per heavy atom. The van der Waals surface area contributed by atoms with Crippen molar-refractivity contribution in [3.05, 3.63) is 24.3 Å². The third-order valence-electron chi connectivity index (χ3n) is 5.44. The molecule has 1 saturated heterocycles. The molecule has 0 saturated carbocycles. The van der Waals surface area contributed by atoms with E-state index in [4.69, 9.17) is 4.74 Å². The van der Waals surface area contributed by atoms with E-state index >= 15 is 0 Å². The first-order valence-electron chi connectivity index (χ1n) is 9.90. The summed E-state index contributed by atoms with van der Waals surface area (Å²) in [7, 11) is -3.86. The molecular weight excluding hydrogens is 394 g/mol. The highest BCUT2D eigenvalue weighted by atomic mass is 32.2. The Balaban J connectivity index is 1.87. The van der Waals surface area contributed by atoms with Gasteiger partial charge in [-0.2, -0.15) is 4.31 Å². The van der Waals surface area contributed by atoms with Crippen LogP contribution in [0.15, 0.2) is 29.2 Å². The number of nitrogens with one attached hydrogen (secondary N) is 1. The lowest BCUT2D eigenvalue weighted by Gasteiger charge is -2.44. The molecule has 1 N–H and O–H groups in total. The van der Waals surface area contributed by atoms with Crippen molar-refractivity contribution in [2.24, 2.45) is 5.41 Å². The fourth-order valence-corrected chi connectivity index (χ4v) is 5.58. The maximum absolute atomic E-state index is 13.3. The largest absolute Gasteiger partial charge is 0.492 e. The number of hydrogen-bond donors (Lipinski definition) is 1. The Morgan fingerprint density at radius 2 is 1.86 bits per heavy atom. The van der Waals surface area contributed by atoms with Gasteiger partial charge in [-0.15, -0.1) is 0 Å². The van der Waals surface area contributed by atoms with Crippen molar-refractivity contribution in [1.29, 1.82) is 0 Å². The zero-order valence-electron chi connectivity index (χ0n) is 17.2. The van der Waals surface area contributed by atoms with E-state index in [1.165, 1.54) is 17.3 Å². The zero-order valence-corrected chi connectivity index (χ0v) is 18.0. The molecule has 0 aliphatic carbocycles. The van der Waals surface area contributed by atoms with Crippen LogP contribution in [0.25, 0.3) is 0 Å². The van der Waals surface area contributed by atoms with Gasteiger partial charge in [0.25, 0.3) is 0 Å². The van der Waals surface area contributed by atoms with Crippen molar-refractivity contribution in [3.8, 4) is 5.75 Å². The molecule has 3 rings (SSSR count). The molecule has 0 bridgehead atoms. The third-order valence-corrected chi connectivity index (χ3v) is 7.27. The number of urea groups is 1. The number of ketones is 1. The monoisotopic (exact) mass is 423 g/mol. The van der Waals surface area contributed by atoms with Crippen LogP contribution in [0.3, 0.4) is 0 Å². The highest BCUT2D eigenvalue weighted by molar-refractivity contribution is 7.89. The predicted octanol–water partition coefficient (Wildman–Crippen LogP) is 1.86. The van der Waals surface area contributed by atoms with Crippen molar-refractivity contribution in [3.63, 3.8) is 0 Å². The number of carbonyl (C=O) groups excluding carboxylic acids is 2. The van der Waals surface area contributed by atoms with Crippen LogP contribution >= 0.6 is 0 Å². The van der Waals surface area contributed by atoms with Crippen molar-refractivity contribution in [2.75, 3.05) is 32.8 Å². The minimum absolute atomic E-state index is 0.0517. The van der Waals surface area contributed by atoms with E-state index in [2.05, 4.69) is 5.32 Å². The zero-order chi connectivity index (χ0) is 21.2. The number of ether oxygens (including phenoxy) is 1. The average molecular weight is 424 g/mol. The van der Waals surface area contributed by atoms with E-state index in [9.17, 15) is 18.0 Å². The molecule has 1 aromatic rings. The normalized spacial score (nSPS) is 21.0. The smallest absolute Gasteiger partial charge is 0.317 e. The van der Waals surface area contributed by atoms with Crippen LogP contribution in [0, 0.1) is 5.41 Å².